The lowest BCUT2D eigenvalue weighted by Gasteiger charge is -2.36. The Kier molecular flexibility index (Phi) is 4.26. The van der Waals surface area contributed by atoms with Crippen LogP contribution in [0.25, 0.3) is 11.0 Å². The van der Waals surface area contributed by atoms with Crippen molar-refractivity contribution in [2.45, 2.75) is 26.1 Å². The number of aromatic nitrogens is 4. The zero-order chi connectivity index (χ0) is 15.7. The van der Waals surface area contributed by atoms with E-state index >= 15 is 0 Å². The van der Waals surface area contributed by atoms with Crippen LogP contribution in [0.5, 0.6) is 0 Å². The van der Waals surface area contributed by atoms with Gasteiger partial charge in [-0.15, -0.1) is 0 Å². The largest absolute Gasteiger partial charge is 0.373 e. The van der Waals surface area contributed by atoms with E-state index in [0.29, 0.717) is 12.2 Å². The summed E-state index contributed by atoms with van der Waals surface area (Å²) in [6.07, 6.45) is 4.05. The number of hydrogen-bond donors (Lipinski definition) is 0. The number of likely N-dealkylation sites (N-methyl/N-ethyl adjacent to an activating group) is 1. The first-order chi connectivity index (χ1) is 10.5. The zero-order valence-corrected chi connectivity index (χ0v) is 13.7. The molecule has 2 aromatic rings. The average Bonchev–Trinajstić information content (AvgIpc) is 2.85. The first-order valence-electron chi connectivity index (χ1n) is 7.76. The summed E-state index contributed by atoms with van der Waals surface area (Å²) < 4.78 is 7.56. The summed E-state index contributed by atoms with van der Waals surface area (Å²) in [5.41, 5.74) is 0.866. The summed E-state index contributed by atoms with van der Waals surface area (Å²) in [4.78, 5) is 13.4. The highest BCUT2D eigenvalue weighted by Gasteiger charge is 2.22. The fourth-order valence-electron chi connectivity index (χ4n) is 3.12. The lowest BCUT2D eigenvalue weighted by atomic mass is 10.2. The standard InChI is InChI=1S/C15H24N6O/c1-11-8-21(9-12(2)22-11)6-5-19(3)14-13-7-18-20(4)15(13)17-10-16-14/h7,10-12H,5-6,8-9H2,1-4H3/t11-,12+. The molecule has 22 heavy (non-hydrogen) atoms. The first kappa shape index (κ1) is 15.2. The lowest BCUT2D eigenvalue weighted by molar-refractivity contribution is -0.0670. The molecule has 120 valence electrons. The Morgan fingerprint density at radius 1 is 1.27 bits per heavy atom. The molecule has 2 aromatic heterocycles. The van der Waals surface area contributed by atoms with Crippen LogP contribution >= 0.6 is 0 Å². The maximum absolute atomic E-state index is 5.78. The third-order valence-corrected chi connectivity index (χ3v) is 4.12. The number of rotatable bonds is 4. The van der Waals surface area contributed by atoms with Crippen molar-refractivity contribution < 1.29 is 4.74 Å². The third-order valence-electron chi connectivity index (χ3n) is 4.12. The topological polar surface area (TPSA) is 59.3 Å². The Balaban J connectivity index is 1.67. The molecule has 3 heterocycles. The Morgan fingerprint density at radius 3 is 2.73 bits per heavy atom. The molecule has 0 saturated carbocycles. The number of morpholine rings is 1. The minimum Gasteiger partial charge on any atom is -0.373 e. The Hall–Kier alpha value is -1.73. The van der Waals surface area contributed by atoms with E-state index < -0.39 is 0 Å². The minimum absolute atomic E-state index is 0.304. The highest BCUT2D eigenvalue weighted by atomic mass is 16.5. The predicted molar refractivity (Wildman–Crippen MR) is 86.0 cm³/mol. The number of anilines is 1. The second kappa shape index (κ2) is 6.18. The summed E-state index contributed by atoms with van der Waals surface area (Å²) in [7, 11) is 3.97. The number of ether oxygens (including phenoxy) is 1. The van der Waals surface area contributed by atoms with Crippen molar-refractivity contribution in [1.29, 1.82) is 0 Å². The molecule has 0 unspecified atom stereocenters. The van der Waals surface area contributed by atoms with Crippen molar-refractivity contribution in [3.8, 4) is 0 Å². The number of nitrogens with zero attached hydrogens (tertiary/aromatic N) is 6. The van der Waals surface area contributed by atoms with Crippen molar-refractivity contribution in [1.82, 2.24) is 24.6 Å². The van der Waals surface area contributed by atoms with E-state index in [0.717, 1.165) is 43.0 Å². The molecule has 0 radical (unpaired) electrons. The van der Waals surface area contributed by atoms with E-state index in [-0.39, 0.29) is 0 Å². The lowest BCUT2D eigenvalue weighted by Crippen LogP contribution is -2.47. The van der Waals surface area contributed by atoms with E-state index in [1.165, 1.54) is 0 Å². The molecule has 0 N–H and O–H groups in total. The highest BCUT2D eigenvalue weighted by Crippen LogP contribution is 2.21. The summed E-state index contributed by atoms with van der Waals surface area (Å²) in [6, 6.07) is 0. The van der Waals surface area contributed by atoms with E-state index in [2.05, 4.69) is 45.8 Å². The van der Waals surface area contributed by atoms with E-state index in [1.54, 1.807) is 11.0 Å². The number of aryl methyl sites for hydroxylation is 1. The molecule has 0 aromatic carbocycles. The molecular weight excluding hydrogens is 280 g/mol. The van der Waals surface area contributed by atoms with Crippen molar-refractivity contribution in [3.63, 3.8) is 0 Å². The van der Waals surface area contributed by atoms with Crippen molar-refractivity contribution in [2.75, 3.05) is 38.1 Å². The molecule has 1 fully saturated rings. The van der Waals surface area contributed by atoms with Crippen LogP contribution in [-0.2, 0) is 11.8 Å². The molecule has 2 atom stereocenters. The highest BCUT2D eigenvalue weighted by molar-refractivity contribution is 5.86. The van der Waals surface area contributed by atoms with Crippen molar-refractivity contribution in [3.05, 3.63) is 12.5 Å². The summed E-state index contributed by atoms with van der Waals surface area (Å²) in [6.45, 7) is 8.17. The monoisotopic (exact) mass is 304 g/mol. The molecule has 1 aliphatic heterocycles. The molecule has 3 rings (SSSR count). The van der Waals surface area contributed by atoms with Gasteiger partial charge in [-0.25, -0.2) is 9.97 Å². The van der Waals surface area contributed by atoms with Crippen molar-refractivity contribution >= 4 is 16.9 Å². The predicted octanol–water partition coefficient (Wildman–Crippen LogP) is 0.909. The zero-order valence-electron chi connectivity index (χ0n) is 13.7. The maximum Gasteiger partial charge on any atom is 0.163 e. The molecule has 7 heteroatoms. The van der Waals surface area contributed by atoms with Crippen LogP contribution in [0.15, 0.2) is 12.5 Å². The van der Waals surface area contributed by atoms with Gasteiger partial charge in [0.1, 0.15) is 12.1 Å². The molecule has 1 aliphatic rings. The quantitative estimate of drug-likeness (QED) is 0.837. The number of hydrogen-bond acceptors (Lipinski definition) is 6. The fourth-order valence-corrected chi connectivity index (χ4v) is 3.12. The van der Waals surface area contributed by atoms with Crippen LogP contribution in [0, 0.1) is 0 Å². The summed E-state index contributed by atoms with van der Waals surface area (Å²) in [5.74, 6) is 0.937. The van der Waals surface area contributed by atoms with Gasteiger partial charge in [-0.2, -0.15) is 5.10 Å². The third kappa shape index (κ3) is 3.05. The van der Waals surface area contributed by atoms with Gasteiger partial charge in [0.25, 0.3) is 0 Å². The smallest absolute Gasteiger partial charge is 0.163 e. The normalized spacial score (nSPS) is 23.1. The number of fused-ring (bicyclic) bond motifs is 1. The van der Waals surface area contributed by atoms with Gasteiger partial charge in [-0.1, -0.05) is 0 Å². The van der Waals surface area contributed by atoms with E-state index in [1.807, 2.05) is 13.2 Å². The Bertz CT molecular complexity index is 632. The molecule has 1 saturated heterocycles. The SMILES string of the molecule is C[C@@H]1CN(CCN(C)c2ncnc3c2cnn3C)C[C@H](C)O1. The molecule has 0 spiro atoms. The van der Waals surface area contributed by atoms with Crippen LogP contribution in [0.4, 0.5) is 5.82 Å². The van der Waals surface area contributed by atoms with Gasteiger partial charge in [0.2, 0.25) is 0 Å². The van der Waals surface area contributed by atoms with Gasteiger partial charge in [0.15, 0.2) is 5.65 Å². The summed E-state index contributed by atoms with van der Waals surface area (Å²) in [5, 5.41) is 5.27. The van der Waals surface area contributed by atoms with E-state index in [9.17, 15) is 0 Å². The van der Waals surface area contributed by atoms with Gasteiger partial charge in [-0.3, -0.25) is 9.58 Å². The Morgan fingerprint density at radius 2 is 2.00 bits per heavy atom. The molecule has 0 amide bonds. The van der Waals surface area contributed by atoms with Gasteiger partial charge in [0.05, 0.1) is 23.8 Å². The van der Waals surface area contributed by atoms with Crippen LogP contribution in [-0.4, -0.2) is 70.1 Å². The summed E-state index contributed by atoms with van der Waals surface area (Å²) >= 11 is 0. The van der Waals surface area contributed by atoms with Crippen molar-refractivity contribution in [2.24, 2.45) is 7.05 Å². The fraction of sp³-hybridized carbons (Fsp3) is 0.667. The molecule has 7 nitrogen and oxygen atoms in total. The van der Waals surface area contributed by atoms with Gasteiger partial charge in [-0.05, 0) is 13.8 Å². The Labute approximate surface area is 130 Å². The van der Waals surface area contributed by atoms with E-state index in [4.69, 9.17) is 4.74 Å². The average molecular weight is 304 g/mol. The second-order valence-electron chi connectivity index (χ2n) is 6.14. The second-order valence-corrected chi connectivity index (χ2v) is 6.14. The van der Waals surface area contributed by atoms with Gasteiger partial charge < -0.3 is 9.64 Å². The van der Waals surface area contributed by atoms with Gasteiger partial charge in [0, 0.05) is 40.3 Å². The van der Waals surface area contributed by atoms with Crippen LogP contribution in [0.1, 0.15) is 13.8 Å². The molecule has 0 aliphatic carbocycles. The molecular formula is C15H24N6O. The van der Waals surface area contributed by atoms with Crippen LogP contribution in [0.2, 0.25) is 0 Å². The van der Waals surface area contributed by atoms with Crippen LogP contribution < -0.4 is 4.90 Å². The van der Waals surface area contributed by atoms with Gasteiger partial charge >= 0.3 is 0 Å². The molecule has 0 bridgehead atoms. The maximum atomic E-state index is 5.78. The first-order valence-corrected chi connectivity index (χ1v) is 7.76. The minimum atomic E-state index is 0.304. The van der Waals surface area contributed by atoms with Crippen LogP contribution in [0.3, 0.4) is 0 Å².